The van der Waals surface area contributed by atoms with E-state index in [4.69, 9.17) is 4.42 Å². The van der Waals surface area contributed by atoms with Crippen molar-refractivity contribution in [2.75, 3.05) is 11.6 Å². The summed E-state index contributed by atoms with van der Waals surface area (Å²) in [5.41, 5.74) is 2.07. The SMILES string of the molecule is CS(=O)(=O)c1ccc(C(CC2CCCC2)C(=O)Nc2nc3ccccc3o2)cc1Br. The lowest BCUT2D eigenvalue weighted by atomic mass is 9.87. The van der Waals surface area contributed by atoms with Gasteiger partial charge in [0.1, 0.15) is 5.52 Å². The zero-order chi connectivity index (χ0) is 21.3. The highest BCUT2D eigenvalue weighted by Crippen LogP contribution is 2.36. The molecule has 6 nitrogen and oxygen atoms in total. The fraction of sp³-hybridized carbons (Fsp3) is 0.364. The normalized spacial score (nSPS) is 16.1. The Hall–Kier alpha value is -2.19. The summed E-state index contributed by atoms with van der Waals surface area (Å²) in [6.07, 6.45) is 6.45. The number of fused-ring (bicyclic) bond motifs is 1. The van der Waals surface area contributed by atoms with Crippen LogP contribution in [0.3, 0.4) is 0 Å². The molecular formula is C22H23BrN2O4S. The number of hydrogen-bond donors (Lipinski definition) is 1. The maximum atomic E-state index is 13.2. The molecule has 1 atom stereocenters. The van der Waals surface area contributed by atoms with Crippen molar-refractivity contribution in [2.24, 2.45) is 5.92 Å². The van der Waals surface area contributed by atoms with Crippen LogP contribution in [-0.2, 0) is 14.6 Å². The Morgan fingerprint density at radius 3 is 2.63 bits per heavy atom. The van der Waals surface area contributed by atoms with Gasteiger partial charge in [-0.1, -0.05) is 43.9 Å². The minimum atomic E-state index is -3.35. The average molecular weight is 491 g/mol. The van der Waals surface area contributed by atoms with Gasteiger partial charge in [-0.2, -0.15) is 4.98 Å². The summed E-state index contributed by atoms with van der Waals surface area (Å²) in [5, 5.41) is 2.82. The Balaban J connectivity index is 1.63. The zero-order valence-electron chi connectivity index (χ0n) is 16.6. The number of amides is 1. The zero-order valence-corrected chi connectivity index (χ0v) is 19.0. The van der Waals surface area contributed by atoms with E-state index in [1.54, 1.807) is 24.3 Å². The van der Waals surface area contributed by atoms with Gasteiger partial charge in [0.15, 0.2) is 15.4 Å². The highest BCUT2D eigenvalue weighted by molar-refractivity contribution is 9.10. The van der Waals surface area contributed by atoms with Crippen molar-refractivity contribution < 1.29 is 17.6 Å². The third-order valence-electron chi connectivity index (χ3n) is 5.64. The third-order valence-corrected chi connectivity index (χ3v) is 7.72. The van der Waals surface area contributed by atoms with Crippen molar-refractivity contribution in [3.8, 4) is 0 Å². The maximum Gasteiger partial charge on any atom is 0.302 e. The number of halogens is 1. The second kappa shape index (κ2) is 8.51. The predicted molar refractivity (Wildman–Crippen MR) is 119 cm³/mol. The van der Waals surface area contributed by atoms with E-state index in [9.17, 15) is 13.2 Å². The van der Waals surface area contributed by atoms with Gasteiger partial charge in [-0.25, -0.2) is 8.42 Å². The van der Waals surface area contributed by atoms with Crippen LogP contribution in [0.2, 0.25) is 0 Å². The van der Waals surface area contributed by atoms with E-state index < -0.39 is 15.8 Å². The number of carbonyl (C=O) groups excluding carboxylic acids is 1. The molecule has 1 amide bonds. The number of oxazole rings is 1. The Labute approximate surface area is 184 Å². The molecule has 1 aromatic heterocycles. The van der Waals surface area contributed by atoms with E-state index in [0.29, 0.717) is 27.9 Å². The largest absolute Gasteiger partial charge is 0.423 e. The summed E-state index contributed by atoms with van der Waals surface area (Å²) in [4.78, 5) is 17.8. The topological polar surface area (TPSA) is 89.3 Å². The Morgan fingerprint density at radius 2 is 1.97 bits per heavy atom. The van der Waals surface area contributed by atoms with Gasteiger partial charge in [-0.3, -0.25) is 10.1 Å². The second-order valence-electron chi connectivity index (χ2n) is 7.88. The highest BCUT2D eigenvalue weighted by Gasteiger charge is 2.28. The monoisotopic (exact) mass is 490 g/mol. The number of hydrogen-bond acceptors (Lipinski definition) is 5. The van der Waals surface area contributed by atoms with Crippen molar-refractivity contribution in [2.45, 2.75) is 42.9 Å². The fourth-order valence-electron chi connectivity index (χ4n) is 4.13. The Morgan fingerprint density at radius 1 is 1.23 bits per heavy atom. The predicted octanol–water partition coefficient (Wildman–Crippen LogP) is 5.30. The third kappa shape index (κ3) is 4.59. The Bertz CT molecular complexity index is 1150. The summed E-state index contributed by atoms with van der Waals surface area (Å²) in [5.74, 6) is -0.154. The molecule has 0 aliphatic heterocycles. The summed E-state index contributed by atoms with van der Waals surface area (Å²) in [6, 6.07) is 12.5. The quantitative estimate of drug-likeness (QED) is 0.506. The van der Waals surface area contributed by atoms with E-state index in [1.165, 1.54) is 19.1 Å². The molecule has 0 saturated heterocycles. The standard InChI is InChI=1S/C22H23BrN2O4S/c1-30(27,28)20-11-10-15(13-17(20)23)16(12-14-6-2-3-7-14)21(26)25-22-24-18-8-4-5-9-19(18)29-22/h4-5,8-11,13-14,16H,2-3,6-7,12H2,1H3,(H,24,25,26). The number of nitrogens with one attached hydrogen (secondary N) is 1. The van der Waals surface area contributed by atoms with Gasteiger partial charge in [0, 0.05) is 10.7 Å². The van der Waals surface area contributed by atoms with Crippen LogP contribution >= 0.6 is 15.9 Å². The van der Waals surface area contributed by atoms with Crippen LogP contribution in [0.5, 0.6) is 0 Å². The average Bonchev–Trinajstić information content (AvgIpc) is 3.33. The lowest BCUT2D eigenvalue weighted by Gasteiger charge is -2.20. The molecule has 4 rings (SSSR count). The van der Waals surface area contributed by atoms with E-state index in [0.717, 1.165) is 18.4 Å². The van der Waals surface area contributed by atoms with Crippen molar-refractivity contribution in [1.82, 2.24) is 4.98 Å². The molecule has 1 aliphatic rings. The molecule has 8 heteroatoms. The number of anilines is 1. The number of benzene rings is 2. The molecule has 1 fully saturated rings. The number of para-hydroxylation sites is 2. The molecule has 30 heavy (non-hydrogen) atoms. The molecule has 1 unspecified atom stereocenters. The van der Waals surface area contributed by atoms with E-state index in [1.807, 2.05) is 18.2 Å². The molecule has 0 bridgehead atoms. The van der Waals surface area contributed by atoms with Crippen LogP contribution in [0.4, 0.5) is 6.01 Å². The van der Waals surface area contributed by atoms with Crippen LogP contribution in [0.15, 0.2) is 56.2 Å². The minimum absolute atomic E-state index is 0.171. The van der Waals surface area contributed by atoms with Crippen LogP contribution in [0.25, 0.3) is 11.1 Å². The van der Waals surface area contributed by atoms with Crippen LogP contribution < -0.4 is 5.32 Å². The molecule has 158 valence electrons. The number of sulfone groups is 1. The smallest absolute Gasteiger partial charge is 0.302 e. The summed E-state index contributed by atoms with van der Waals surface area (Å²) >= 11 is 3.36. The molecule has 3 aromatic rings. The van der Waals surface area contributed by atoms with Crippen molar-refractivity contribution in [3.05, 3.63) is 52.5 Å². The Kier molecular flexibility index (Phi) is 5.97. The van der Waals surface area contributed by atoms with Crippen LogP contribution in [0.1, 0.15) is 43.6 Å². The lowest BCUT2D eigenvalue weighted by molar-refractivity contribution is -0.118. The highest BCUT2D eigenvalue weighted by atomic mass is 79.9. The maximum absolute atomic E-state index is 13.2. The number of carbonyl (C=O) groups is 1. The van der Waals surface area contributed by atoms with Crippen molar-refractivity contribution >= 4 is 48.8 Å². The van der Waals surface area contributed by atoms with Gasteiger partial charge in [0.25, 0.3) is 0 Å². The molecule has 0 radical (unpaired) electrons. The number of nitrogens with zero attached hydrogens (tertiary/aromatic N) is 1. The molecular weight excluding hydrogens is 468 g/mol. The summed E-state index contributed by atoms with van der Waals surface area (Å²) < 4.78 is 30.0. The lowest BCUT2D eigenvalue weighted by Crippen LogP contribution is -2.23. The van der Waals surface area contributed by atoms with Gasteiger partial charge in [0.2, 0.25) is 5.91 Å². The first-order chi connectivity index (χ1) is 14.3. The van der Waals surface area contributed by atoms with Crippen LogP contribution in [-0.4, -0.2) is 25.6 Å². The van der Waals surface area contributed by atoms with E-state index in [2.05, 4.69) is 26.2 Å². The minimum Gasteiger partial charge on any atom is -0.423 e. The van der Waals surface area contributed by atoms with Gasteiger partial charge >= 0.3 is 6.01 Å². The fourth-order valence-corrected chi connectivity index (χ4v) is 6.13. The van der Waals surface area contributed by atoms with E-state index in [-0.39, 0.29) is 16.8 Å². The summed E-state index contributed by atoms with van der Waals surface area (Å²) in [7, 11) is -3.35. The second-order valence-corrected chi connectivity index (χ2v) is 10.7. The molecule has 1 saturated carbocycles. The van der Waals surface area contributed by atoms with Crippen LogP contribution in [0, 0.1) is 5.92 Å². The molecule has 1 aliphatic carbocycles. The van der Waals surface area contributed by atoms with Gasteiger partial charge < -0.3 is 4.42 Å². The molecule has 1 N–H and O–H groups in total. The first-order valence-electron chi connectivity index (χ1n) is 9.97. The number of aromatic nitrogens is 1. The van der Waals surface area contributed by atoms with Gasteiger partial charge in [-0.05, 0) is 58.1 Å². The first kappa shape index (κ1) is 21.1. The van der Waals surface area contributed by atoms with E-state index >= 15 is 0 Å². The first-order valence-corrected chi connectivity index (χ1v) is 12.7. The molecule has 1 heterocycles. The summed E-state index contributed by atoms with van der Waals surface area (Å²) in [6.45, 7) is 0. The van der Waals surface area contributed by atoms with Gasteiger partial charge in [0.05, 0.1) is 10.8 Å². The molecule has 0 spiro atoms. The van der Waals surface area contributed by atoms with Crippen molar-refractivity contribution in [3.63, 3.8) is 0 Å². The van der Waals surface area contributed by atoms with Crippen molar-refractivity contribution in [1.29, 1.82) is 0 Å². The number of rotatable bonds is 6. The molecule has 2 aromatic carbocycles. The van der Waals surface area contributed by atoms with Gasteiger partial charge in [-0.15, -0.1) is 0 Å².